The number of aromatic nitrogens is 5. The molecule has 10 heteroatoms. The van der Waals surface area contributed by atoms with Gasteiger partial charge in [0.25, 0.3) is 0 Å². The van der Waals surface area contributed by atoms with E-state index >= 15 is 0 Å². The Morgan fingerprint density at radius 1 is 1.16 bits per heavy atom. The van der Waals surface area contributed by atoms with E-state index in [-0.39, 0.29) is 30.4 Å². The van der Waals surface area contributed by atoms with E-state index in [1.54, 1.807) is 12.3 Å². The molecular weight excluding hydrogens is 401 g/mol. The van der Waals surface area contributed by atoms with Gasteiger partial charge in [-0.2, -0.15) is 5.10 Å². The number of carbonyl (C=O) groups is 1. The van der Waals surface area contributed by atoms with Crippen LogP contribution in [0.4, 0.5) is 16.0 Å². The highest BCUT2D eigenvalue weighted by atomic mass is 19.1. The predicted octanol–water partition coefficient (Wildman–Crippen LogP) is 2.44. The van der Waals surface area contributed by atoms with E-state index in [0.717, 1.165) is 18.4 Å². The molecule has 9 nitrogen and oxygen atoms in total. The van der Waals surface area contributed by atoms with Crippen LogP contribution < -0.4 is 10.2 Å². The number of anilines is 2. The lowest BCUT2D eigenvalue weighted by Gasteiger charge is -2.38. The van der Waals surface area contributed by atoms with Gasteiger partial charge in [-0.05, 0) is 50.3 Å². The van der Waals surface area contributed by atoms with Crippen LogP contribution in [0.1, 0.15) is 31.2 Å². The van der Waals surface area contributed by atoms with Crippen LogP contribution in [0.5, 0.6) is 0 Å². The number of hydrogen-bond acceptors (Lipinski definition) is 7. The van der Waals surface area contributed by atoms with Crippen molar-refractivity contribution < 1.29 is 14.3 Å². The Kier molecular flexibility index (Phi) is 4.85. The Morgan fingerprint density at radius 2 is 1.97 bits per heavy atom. The summed E-state index contributed by atoms with van der Waals surface area (Å²) in [6, 6.07) is 3.21. The van der Waals surface area contributed by atoms with Gasteiger partial charge in [-0.25, -0.2) is 19.3 Å². The van der Waals surface area contributed by atoms with Crippen molar-refractivity contribution in [1.82, 2.24) is 25.1 Å². The third-order valence-corrected chi connectivity index (χ3v) is 5.95. The molecule has 0 atom stereocenters. The number of nitrogens with one attached hydrogen (secondary N) is 2. The summed E-state index contributed by atoms with van der Waals surface area (Å²) in [5.74, 6) is 0.680. The van der Waals surface area contributed by atoms with Crippen LogP contribution >= 0.6 is 0 Å². The fraction of sp³-hybridized carbons (Fsp3) is 0.381. The second-order valence-corrected chi connectivity index (χ2v) is 8.04. The number of benzene rings is 1. The Labute approximate surface area is 177 Å². The molecule has 0 unspecified atom stereocenters. The van der Waals surface area contributed by atoms with Crippen LogP contribution in [-0.2, 0) is 4.79 Å². The minimum atomic E-state index is -0.453. The number of aliphatic hydroxyl groups is 1. The highest BCUT2D eigenvalue weighted by Crippen LogP contribution is 2.35. The van der Waals surface area contributed by atoms with Crippen LogP contribution in [0.2, 0.25) is 0 Å². The van der Waals surface area contributed by atoms with Crippen molar-refractivity contribution >= 4 is 17.5 Å². The van der Waals surface area contributed by atoms with Gasteiger partial charge in [-0.3, -0.25) is 9.89 Å². The van der Waals surface area contributed by atoms with Gasteiger partial charge in [0.2, 0.25) is 5.91 Å². The Morgan fingerprint density at radius 3 is 2.71 bits per heavy atom. The molecule has 1 saturated carbocycles. The standard InChI is InChI=1S/C21H22FN7O2/c1-11-6-15(19-24-10-25-28-19)16(22)7-14(11)17-8-23-20-21(26-17)29(9-18(31)27-20)12-2-4-13(30)5-3-12/h6-8,10,12-13,30H,2-5,9H2,1H3,(H,23,27,31)(H,24,25,28)/t12-,13-. The third-order valence-electron chi connectivity index (χ3n) is 5.95. The normalized spacial score (nSPS) is 21.0. The maximum Gasteiger partial charge on any atom is 0.245 e. The van der Waals surface area contributed by atoms with Crippen LogP contribution in [0.25, 0.3) is 22.6 Å². The minimum absolute atomic E-state index is 0.101. The summed E-state index contributed by atoms with van der Waals surface area (Å²) in [4.78, 5) is 27.4. The second-order valence-electron chi connectivity index (χ2n) is 8.04. The van der Waals surface area contributed by atoms with E-state index in [1.165, 1.54) is 12.4 Å². The zero-order valence-electron chi connectivity index (χ0n) is 17.0. The number of fused-ring (bicyclic) bond motifs is 1. The average molecular weight is 423 g/mol. The molecule has 31 heavy (non-hydrogen) atoms. The predicted molar refractivity (Wildman–Crippen MR) is 112 cm³/mol. The first-order valence-electron chi connectivity index (χ1n) is 10.3. The highest BCUT2D eigenvalue weighted by molar-refractivity contribution is 5.99. The van der Waals surface area contributed by atoms with Crippen molar-refractivity contribution in [1.29, 1.82) is 0 Å². The monoisotopic (exact) mass is 423 g/mol. The first-order valence-corrected chi connectivity index (χ1v) is 10.3. The third kappa shape index (κ3) is 3.63. The van der Waals surface area contributed by atoms with Crippen molar-refractivity contribution in [2.45, 2.75) is 44.8 Å². The molecule has 1 aliphatic carbocycles. The molecule has 3 heterocycles. The van der Waals surface area contributed by atoms with Crippen molar-refractivity contribution in [2.75, 3.05) is 16.8 Å². The molecule has 1 aromatic carbocycles. The van der Waals surface area contributed by atoms with E-state index in [2.05, 4.69) is 25.5 Å². The summed E-state index contributed by atoms with van der Waals surface area (Å²) in [5, 5.41) is 19.2. The first-order chi connectivity index (χ1) is 15.0. The number of nitrogens with zero attached hydrogens (tertiary/aromatic N) is 5. The van der Waals surface area contributed by atoms with Crippen LogP contribution in [-0.4, -0.2) is 54.9 Å². The van der Waals surface area contributed by atoms with Gasteiger partial charge in [0.15, 0.2) is 17.5 Å². The van der Waals surface area contributed by atoms with Gasteiger partial charge >= 0.3 is 0 Å². The first kappa shape index (κ1) is 19.6. The molecule has 1 fully saturated rings. The van der Waals surface area contributed by atoms with E-state index in [1.807, 2.05) is 11.8 Å². The number of carbonyl (C=O) groups excluding carboxylic acids is 1. The van der Waals surface area contributed by atoms with Crippen molar-refractivity contribution in [3.8, 4) is 22.6 Å². The molecule has 0 bridgehead atoms. The van der Waals surface area contributed by atoms with E-state index in [4.69, 9.17) is 4.98 Å². The maximum atomic E-state index is 14.8. The zero-order valence-corrected chi connectivity index (χ0v) is 17.0. The fourth-order valence-electron chi connectivity index (χ4n) is 4.34. The number of rotatable bonds is 3. The Hall–Kier alpha value is -3.40. The summed E-state index contributed by atoms with van der Waals surface area (Å²) in [6.07, 6.45) is 5.59. The smallest absolute Gasteiger partial charge is 0.245 e. The molecule has 1 amide bonds. The number of hydrogen-bond donors (Lipinski definition) is 3. The van der Waals surface area contributed by atoms with E-state index < -0.39 is 5.82 Å². The molecule has 2 aliphatic rings. The molecule has 2 aromatic heterocycles. The number of H-pyrrole nitrogens is 1. The molecule has 3 N–H and O–H groups in total. The number of halogens is 1. The molecule has 0 saturated heterocycles. The lowest BCUT2D eigenvalue weighted by atomic mass is 9.91. The lowest BCUT2D eigenvalue weighted by molar-refractivity contribution is -0.115. The molecular formula is C21H22FN7O2. The number of amides is 1. The highest BCUT2D eigenvalue weighted by Gasteiger charge is 2.33. The SMILES string of the molecule is Cc1cc(-c2nc[nH]n2)c(F)cc1-c1cnc2c(n1)N([C@H]1CC[C@H](O)CC1)CC(=O)N2. The molecule has 3 aromatic rings. The lowest BCUT2D eigenvalue weighted by Crippen LogP contribution is -2.47. The Bertz CT molecular complexity index is 1130. The van der Waals surface area contributed by atoms with Gasteiger partial charge in [0.05, 0.1) is 30.1 Å². The van der Waals surface area contributed by atoms with Crippen molar-refractivity contribution in [2.24, 2.45) is 0 Å². The largest absolute Gasteiger partial charge is 0.393 e. The molecule has 5 rings (SSSR count). The summed E-state index contributed by atoms with van der Waals surface area (Å²) >= 11 is 0. The number of aryl methyl sites for hydroxylation is 1. The molecule has 1 aliphatic heterocycles. The molecule has 0 spiro atoms. The van der Waals surface area contributed by atoms with E-state index in [0.29, 0.717) is 41.3 Å². The second kappa shape index (κ2) is 7.69. The molecule has 0 radical (unpaired) electrons. The number of aliphatic hydroxyl groups excluding tert-OH is 1. The molecule has 160 valence electrons. The van der Waals surface area contributed by atoms with Crippen LogP contribution in [0.3, 0.4) is 0 Å². The summed E-state index contributed by atoms with van der Waals surface area (Å²) in [6.45, 7) is 2.05. The van der Waals surface area contributed by atoms with Crippen molar-refractivity contribution in [3.63, 3.8) is 0 Å². The average Bonchev–Trinajstić information content (AvgIpc) is 3.29. The van der Waals surface area contributed by atoms with Crippen LogP contribution in [0, 0.1) is 12.7 Å². The van der Waals surface area contributed by atoms with Crippen molar-refractivity contribution in [3.05, 3.63) is 36.0 Å². The van der Waals surface area contributed by atoms with Gasteiger partial charge in [0.1, 0.15) is 12.1 Å². The van der Waals surface area contributed by atoms with Gasteiger partial charge in [0, 0.05) is 11.6 Å². The summed E-state index contributed by atoms with van der Waals surface area (Å²) < 4.78 is 14.8. The fourth-order valence-corrected chi connectivity index (χ4v) is 4.34. The number of aromatic amines is 1. The van der Waals surface area contributed by atoms with Gasteiger partial charge in [-0.15, -0.1) is 0 Å². The van der Waals surface area contributed by atoms with Gasteiger partial charge in [-0.1, -0.05) is 0 Å². The maximum absolute atomic E-state index is 14.8. The summed E-state index contributed by atoms with van der Waals surface area (Å²) in [5.41, 5.74) is 2.25. The van der Waals surface area contributed by atoms with E-state index in [9.17, 15) is 14.3 Å². The summed E-state index contributed by atoms with van der Waals surface area (Å²) in [7, 11) is 0. The van der Waals surface area contributed by atoms with Gasteiger partial charge < -0.3 is 15.3 Å². The zero-order chi connectivity index (χ0) is 21.5. The quantitative estimate of drug-likeness (QED) is 0.592. The Balaban J connectivity index is 1.53. The van der Waals surface area contributed by atoms with Crippen LogP contribution in [0.15, 0.2) is 24.7 Å². The minimum Gasteiger partial charge on any atom is -0.393 e. The topological polar surface area (TPSA) is 120 Å².